The van der Waals surface area contributed by atoms with E-state index in [0.29, 0.717) is 34.7 Å². The van der Waals surface area contributed by atoms with Crippen molar-refractivity contribution in [1.29, 1.82) is 0 Å². The van der Waals surface area contributed by atoms with E-state index in [4.69, 9.17) is 32.6 Å². The number of hydrogen-bond donors (Lipinski definition) is 1. The van der Waals surface area contributed by atoms with Crippen molar-refractivity contribution in [3.8, 4) is 0 Å². The Hall–Kier alpha value is -3.78. The number of imidazole rings is 1. The molecule has 0 aliphatic carbocycles. The van der Waals surface area contributed by atoms with Gasteiger partial charge < -0.3 is 24.1 Å². The van der Waals surface area contributed by atoms with Crippen LogP contribution in [-0.4, -0.2) is 64.5 Å². The number of aromatic nitrogens is 2. The molecule has 6 rings (SSSR count). The van der Waals surface area contributed by atoms with E-state index in [9.17, 15) is 4.79 Å². The number of carbonyl (C=O) groups excluding carboxylic acids is 1. The van der Waals surface area contributed by atoms with Gasteiger partial charge in [0.15, 0.2) is 0 Å². The predicted molar refractivity (Wildman–Crippen MR) is 183 cm³/mol. The Bertz CT molecular complexity index is 1730. The van der Waals surface area contributed by atoms with Crippen LogP contribution in [0.1, 0.15) is 52.4 Å². The van der Waals surface area contributed by atoms with Crippen molar-refractivity contribution in [2.24, 2.45) is 0 Å². The number of piperidine rings is 1. The molecular weight excluding hydrogens is 605 g/mol. The Morgan fingerprint density at radius 2 is 1.80 bits per heavy atom. The van der Waals surface area contributed by atoms with Gasteiger partial charge in [0.1, 0.15) is 5.76 Å². The molecule has 3 heterocycles. The maximum atomic E-state index is 13.3. The number of nitrogens with one attached hydrogen (secondary N) is 1. The number of anilines is 1. The van der Waals surface area contributed by atoms with Gasteiger partial charge in [-0.15, -0.1) is 0 Å². The van der Waals surface area contributed by atoms with Crippen LogP contribution in [0, 0.1) is 6.92 Å². The number of benzene rings is 3. The molecule has 0 bridgehead atoms. The Morgan fingerprint density at radius 3 is 2.53 bits per heavy atom. The average Bonchev–Trinajstić information content (AvgIpc) is 3.69. The smallest absolute Gasteiger partial charge is 0.253 e. The minimum Gasteiger partial charge on any atom is -0.467 e. The van der Waals surface area contributed by atoms with Gasteiger partial charge in [0.25, 0.3) is 5.91 Å². The lowest BCUT2D eigenvalue weighted by Crippen LogP contribution is -2.40. The maximum Gasteiger partial charge on any atom is 0.253 e. The molecule has 1 amide bonds. The van der Waals surface area contributed by atoms with E-state index in [2.05, 4.69) is 26.9 Å². The standard InChI is InChI=1S/C36H39Cl2N5O2/c1-25-9-11-26(12-10-25)35(44)41(2)23-28(27-13-14-31(37)32(38)22-27)15-18-42-19-16-29(17-20-42)39-36-40-33-7-3-4-8-34(33)43(36)24-30-6-5-21-45-30/h3-14,21-22,28-29H,15-20,23-24H2,1-2H3,(H,39,40). The minimum absolute atomic E-state index is 0.0185. The highest BCUT2D eigenvalue weighted by molar-refractivity contribution is 6.42. The highest BCUT2D eigenvalue weighted by Crippen LogP contribution is 2.30. The third-order valence-electron chi connectivity index (χ3n) is 8.82. The lowest BCUT2D eigenvalue weighted by atomic mass is 9.94. The summed E-state index contributed by atoms with van der Waals surface area (Å²) < 4.78 is 7.86. The number of halogens is 2. The predicted octanol–water partition coefficient (Wildman–Crippen LogP) is 8.12. The number of carbonyl (C=O) groups is 1. The molecule has 3 aromatic carbocycles. The summed E-state index contributed by atoms with van der Waals surface area (Å²) >= 11 is 12.7. The lowest BCUT2D eigenvalue weighted by Gasteiger charge is -2.34. The van der Waals surface area contributed by atoms with Crippen LogP contribution in [0.25, 0.3) is 11.0 Å². The molecule has 0 saturated carbocycles. The van der Waals surface area contributed by atoms with E-state index in [-0.39, 0.29) is 11.8 Å². The Balaban J connectivity index is 1.09. The summed E-state index contributed by atoms with van der Waals surface area (Å²) in [5, 5.41) is 4.82. The van der Waals surface area contributed by atoms with Gasteiger partial charge in [-0.05, 0) is 86.8 Å². The highest BCUT2D eigenvalue weighted by atomic mass is 35.5. The normalized spacial score (nSPS) is 14.9. The first-order chi connectivity index (χ1) is 21.8. The molecule has 1 atom stereocenters. The largest absolute Gasteiger partial charge is 0.467 e. The lowest BCUT2D eigenvalue weighted by molar-refractivity contribution is 0.0782. The van der Waals surface area contributed by atoms with E-state index in [1.54, 1.807) is 6.26 Å². The fourth-order valence-electron chi connectivity index (χ4n) is 6.19. The van der Waals surface area contributed by atoms with Crippen LogP contribution < -0.4 is 5.32 Å². The second kappa shape index (κ2) is 14.1. The first kappa shape index (κ1) is 31.2. The Morgan fingerprint density at radius 1 is 1.02 bits per heavy atom. The molecule has 45 heavy (non-hydrogen) atoms. The van der Waals surface area contributed by atoms with Crippen LogP contribution >= 0.6 is 23.2 Å². The third-order valence-corrected chi connectivity index (χ3v) is 9.56. The fourth-order valence-corrected chi connectivity index (χ4v) is 6.49. The molecule has 1 aliphatic rings. The van der Waals surface area contributed by atoms with Crippen molar-refractivity contribution in [2.75, 3.05) is 38.5 Å². The Labute approximate surface area is 274 Å². The first-order valence-corrected chi connectivity index (χ1v) is 16.3. The summed E-state index contributed by atoms with van der Waals surface area (Å²) in [5.74, 6) is 1.92. The number of para-hydroxylation sites is 2. The molecule has 7 nitrogen and oxygen atoms in total. The zero-order valence-electron chi connectivity index (χ0n) is 25.8. The van der Waals surface area contributed by atoms with E-state index in [0.717, 1.165) is 72.8 Å². The second-order valence-corrected chi connectivity index (χ2v) is 12.9. The number of amides is 1. The molecule has 1 unspecified atom stereocenters. The molecule has 1 saturated heterocycles. The molecule has 0 spiro atoms. The second-order valence-electron chi connectivity index (χ2n) is 12.1. The number of rotatable bonds is 11. The van der Waals surface area contributed by atoms with Crippen LogP contribution in [0.3, 0.4) is 0 Å². The number of fused-ring (bicyclic) bond motifs is 1. The van der Waals surface area contributed by atoms with Crippen molar-refractivity contribution < 1.29 is 9.21 Å². The zero-order chi connectivity index (χ0) is 31.3. The topological polar surface area (TPSA) is 66.5 Å². The van der Waals surface area contributed by atoms with Gasteiger partial charge in [-0.25, -0.2) is 4.98 Å². The van der Waals surface area contributed by atoms with Crippen molar-refractivity contribution in [3.63, 3.8) is 0 Å². The van der Waals surface area contributed by atoms with Crippen LogP contribution in [0.2, 0.25) is 10.0 Å². The molecular formula is C36H39Cl2N5O2. The third kappa shape index (κ3) is 7.55. The van der Waals surface area contributed by atoms with E-state index in [1.807, 2.05) is 85.6 Å². The summed E-state index contributed by atoms with van der Waals surface area (Å²) in [4.78, 5) is 22.5. The summed E-state index contributed by atoms with van der Waals surface area (Å²) in [6.07, 6.45) is 4.66. The van der Waals surface area contributed by atoms with Gasteiger partial charge in [-0.3, -0.25) is 4.79 Å². The van der Waals surface area contributed by atoms with Gasteiger partial charge in [-0.1, -0.05) is 59.1 Å². The van der Waals surface area contributed by atoms with E-state index in [1.165, 1.54) is 0 Å². The van der Waals surface area contributed by atoms with Gasteiger partial charge in [0.05, 0.1) is 33.9 Å². The van der Waals surface area contributed by atoms with Crippen LogP contribution in [0.5, 0.6) is 0 Å². The molecule has 5 aromatic rings. The molecule has 9 heteroatoms. The van der Waals surface area contributed by atoms with Crippen LogP contribution in [0.15, 0.2) is 89.5 Å². The zero-order valence-corrected chi connectivity index (χ0v) is 27.3. The summed E-state index contributed by atoms with van der Waals surface area (Å²) in [7, 11) is 1.88. The quantitative estimate of drug-likeness (QED) is 0.157. The number of hydrogen-bond acceptors (Lipinski definition) is 5. The summed E-state index contributed by atoms with van der Waals surface area (Å²) in [6.45, 7) is 6.16. The molecule has 1 aliphatic heterocycles. The maximum absolute atomic E-state index is 13.3. The van der Waals surface area contributed by atoms with E-state index >= 15 is 0 Å². The van der Waals surface area contributed by atoms with Crippen LogP contribution in [0.4, 0.5) is 5.95 Å². The molecule has 234 valence electrons. The van der Waals surface area contributed by atoms with Crippen molar-refractivity contribution in [3.05, 3.63) is 118 Å². The minimum atomic E-state index is 0.0185. The van der Waals surface area contributed by atoms with Gasteiger partial charge in [0, 0.05) is 44.2 Å². The number of aryl methyl sites for hydroxylation is 1. The van der Waals surface area contributed by atoms with Gasteiger partial charge in [-0.2, -0.15) is 0 Å². The molecule has 0 radical (unpaired) electrons. The van der Waals surface area contributed by atoms with E-state index < -0.39 is 0 Å². The number of likely N-dealkylation sites (N-methyl/N-ethyl adjacent to an activating group) is 1. The van der Waals surface area contributed by atoms with Gasteiger partial charge >= 0.3 is 0 Å². The molecule has 1 fully saturated rings. The Kier molecular flexibility index (Phi) is 9.79. The summed E-state index contributed by atoms with van der Waals surface area (Å²) in [5.41, 5.74) is 4.99. The molecule has 2 aromatic heterocycles. The first-order valence-electron chi connectivity index (χ1n) is 15.6. The van der Waals surface area contributed by atoms with Crippen LogP contribution in [-0.2, 0) is 6.54 Å². The van der Waals surface area contributed by atoms with Crippen molar-refractivity contribution in [1.82, 2.24) is 19.4 Å². The molecule has 1 N–H and O–H groups in total. The number of nitrogens with zero attached hydrogens (tertiary/aromatic N) is 4. The van der Waals surface area contributed by atoms with Gasteiger partial charge in [0.2, 0.25) is 5.95 Å². The average molecular weight is 645 g/mol. The van der Waals surface area contributed by atoms with Crippen molar-refractivity contribution in [2.45, 2.75) is 44.7 Å². The summed E-state index contributed by atoms with van der Waals surface area (Å²) in [6, 6.07) is 26.1. The monoisotopic (exact) mass is 643 g/mol. The van der Waals surface area contributed by atoms with Crippen molar-refractivity contribution >= 4 is 46.1 Å². The highest BCUT2D eigenvalue weighted by Gasteiger charge is 2.24. The SMILES string of the molecule is Cc1ccc(C(=O)N(C)CC(CCN2CCC(Nc3nc4ccccc4n3Cc3ccco3)CC2)c2ccc(Cl)c(Cl)c2)cc1. The number of likely N-dealkylation sites (tertiary alicyclic amines) is 1. The number of furan rings is 1. The fraction of sp³-hybridized carbons (Fsp3) is 0.333.